The number of rotatable bonds is 5. The minimum atomic E-state index is -0.560. The highest BCUT2D eigenvalue weighted by molar-refractivity contribution is 5.94. The minimum Gasteiger partial charge on any atom is -0.481 e. The van der Waals surface area contributed by atoms with E-state index in [0.29, 0.717) is 5.92 Å². The van der Waals surface area contributed by atoms with Crippen LogP contribution >= 0.6 is 0 Å². The molecule has 1 N–H and O–H groups in total. The summed E-state index contributed by atoms with van der Waals surface area (Å²) < 4.78 is 5.90. The van der Waals surface area contributed by atoms with Crippen LogP contribution in [0.4, 0.5) is 5.69 Å². The zero-order valence-electron chi connectivity index (χ0n) is 14.5. The summed E-state index contributed by atoms with van der Waals surface area (Å²) in [4.78, 5) is 12.4. The van der Waals surface area contributed by atoms with E-state index in [4.69, 9.17) is 4.74 Å². The largest absolute Gasteiger partial charge is 0.481 e. The van der Waals surface area contributed by atoms with Gasteiger partial charge in [-0.1, -0.05) is 44.2 Å². The third-order valence-corrected chi connectivity index (χ3v) is 3.95. The summed E-state index contributed by atoms with van der Waals surface area (Å²) in [5, 5.41) is 2.92. The molecule has 122 valence electrons. The number of ether oxygens (including phenoxy) is 1. The molecule has 0 spiro atoms. The van der Waals surface area contributed by atoms with E-state index in [0.717, 1.165) is 22.6 Å². The maximum absolute atomic E-state index is 12.4. The molecule has 0 heterocycles. The van der Waals surface area contributed by atoms with Crippen LogP contribution in [-0.2, 0) is 4.79 Å². The minimum absolute atomic E-state index is 0.145. The lowest BCUT2D eigenvalue weighted by Crippen LogP contribution is -2.30. The van der Waals surface area contributed by atoms with Gasteiger partial charge in [0.15, 0.2) is 6.10 Å². The molecule has 2 aromatic rings. The summed E-state index contributed by atoms with van der Waals surface area (Å²) in [7, 11) is 0. The Morgan fingerprint density at radius 1 is 1.00 bits per heavy atom. The number of carbonyl (C=O) groups excluding carboxylic acids is 1. The van der Waals surface area contributed by atoms with E-state index in [9.17, 15) is 4.79 Å². The molecule has 0 bridgehead atoms. The Morgan fingerprint density at radius 3 is 2.35 bits per heavy atom. The van der Waals surface area contributed by atoms with Gasteiger partial charge in [-0.05, 0) is 55.5 Å². The highest BCUT2D eigenvalue weighted by Gasteiger charge is 2.17. The molecule has 0 saturated carbocycles. The predicted molar refractivity (Wildman–Crippen MR) is 95.2 cm³/mol. The normalized spacial score (nSPS) is 12.1. The maximum Gasteiger partial charge on any atom is 0.265 e. The van der Waals surface area contributed by atoms with Gasteiger partial charge in [-0.2, -0.15) is 0 Å². The van der Waals surface area contributed by atoms with E-state index in [-0.39, 0.29) is 5.91 Å². The molecule has 3 nitrogen and oxygen atoms in total. The highest BCUT2D eigenvalue weighted by Crippen LogP contribution is 2.25. The molecule has 0 aromatic heterocycles. The number of benzene rings is 2. The van der Waals surface area contributed by atoms with Crippen molar-refractivity contribution >= 4 is 11.6 Å². The van der Waals surface area contributed by atoms with Crippen LogP contribution in [0.2, 0.25) is 0 Å². The molecule has 1 amide bonds. The molecule has 1 unspecified atom stereocenters. The van der Waals surface area contributed by atoms with Gasteiger partial charge in [0, 0.05) is 5.69 Å². The Kier molecular flexibility index (Phi) is 5.43. The molecule has 3 heteroatoms. The summed E-state index contributed by atoms with van der Waals surface area (Å²) >= 11 is 0. The number of aryl methyl sites for hydroxylation is 2. The fraction of sp³-hybridized carbons (Fsp3) is 0.350. The van der Waals surface area contributed by atoms with Crippen LogP contribution in [0.3, 0.4) is 0 Å². The molecular weight excluding hydrogens is 286 g/mol. The topological polar surface area (TPSA) is 38.3 Å². The molecule has 0 saturated heterocycles. The van der Waals surface area contributed by atoms with Crippen LogP contribution in [0.5, 0.6) is 5.75 Å². The van der Waals surface area contributed by atoms with Crippen molar-refractivity contribution in [3.8, 4) is 5.75 Å². The summed E-state index contributed by atoms with van der Waals surface area (Å²) in [5.41, 5.74) is 4.09. The molecule has 0 aliphatic carbocycles. The van der Waals surface area contributed by atoms with E-state index in [2.05, 4.69) is 25.2 Å². The zero-order chi connectivity index (χ0) is 17.0. The van der Waals surface area contributed by atoms with Crippen LogP contribution in [0.1, 0.15) is 43.4 Å². The number of nitrogens with one attached hydrogen (secondary N) is 1. The fourth-order valence-corrected chi connectivity index (χ4v) is 2.29. The lowest BCUT2D eigenvalue weighted by Gasteiger charge is -2.18. The van der Waals surface area contributed by atoms with Crippen molar-refractivity contribution in [3.63, 3.8) is 0 Å². The van der Waals surface area contributed by atoms with Gasteiger partial charge in [-0.15, -0.1) is 0 Å². The number of para-hydroxylation sites is 1. The van der Waals surface area contributed by atoms with Crippen LogP contribution in [0, 0.1) is 13.8 Å². The first-order chi connectivity index (χ1) is 10.9. The molecular formula is C20H25NO2. The van der Waals surface area contributed by atoms with E-state index in [1.54, 1.807) is 6.92 Å². The average molecular weight is 311 g/mol. The maximum atomic E-state index is 12.4. The number of hydrogen-bond acceptors (Lipinski definition) is 2. The molecule has 0 fully saturated rings. The third kappa shape index (κ3) is 4.35. The van der Waals surface area contributed by atoms with Crippen molar-refractivity contribution in [1.29, 1.82) is 0 Å². The Morgan fingerprint density at radius 2 is 1.70 bits per heavy atom. The van der Waals surface area contributed by atoms with Gasteiger partial charge in [0.1, 0.15) is 5.75 Å². The molecule has 0 aliphatic heterocycles. The molecule has 2 rings (SSSR count). The number of anilines is 1. The van der Waals surface area contributed by atoms with Crippen molar-refractivity contribution in [2.45, 2.75) is 46.6 Å². The highest BCUT2D eigenvalue weighted by atomic mass is 16.5. The summed E-state index contributed by atoms with van der Waals surface area (Å²) in [5.74, 6) is 1.05. The Hall–Kier alpha value is -2.29. The van der Waals surface area contributed by atoms with E-state index in [1.807, 2.05) is 50.2 Å². The van der Waals surface area contributed by atoms with Gasteiger partial charge >= 0.3 is 0 Å². The number of carbonyl (C=O) groups is 1. The Balaban J connectivity index is 2.09. The second kappa shape index (κ2) is 7.32. The predicted octanol–water partition coefficient (Wildman–Crippen LogP) is 4.83. The zero-order valence-corrected chi connectivity index (χ0v) is 14.5. The summed E-state index contributed by atoms with van der Waals surface area (Å²) in [6.45, 7) is 10.0. The monoisotopic (exact) mass is 311 g/mol. The van der Waals surface area contributed by atoms with Crippen LogP contribution < -0.4 is 10.1 Å². The molecule has 0 aliphatic rings. The summed E-state index contributed by atoms with van der Waals surface area (Å²) in [6.07, 6.45) is -0.560. The Bertz CT molecular complexity index is 692. The van der Waals surface area contributed by atoms with Crippen LogP contribution in [0.25, 0.3) is 0 Å². The second-order valence-electron chi connectivity index (χ2n) is 6.24. The summed E-state index contributed by atoms with van der Waals surface area (Å²) in [6, 6.07) is 13.9. The Labute approximate surface area is 138 Å². The van der Waals surface area contributed by atoms with Crippen molar-refractivity contribution < 1.29 is 9.53 Å². The molecule has 0 radical (unpaired) electrons. The third-order valence-electron chi connectivity index (χ3n) is 3.95. The van der Waals surface area contributed by atoms with Crippen molar-refractivity contribution in [3.05, 3.63) is 59.2 Å². The molecule has 23 heavy (non-hydrogen) atoms. The SMILES string of the molecule is Cc1ccccc1NC(=O)C(C)Oc1cc(C(C)C)ccc1C. The first-order valence-electron chi connectivity index (χ1n) is 8.02. The first kappa shape index (κ1) is 17.1. The smallest absolute Gasteiger partial charge is 0.265 e. The number of amides is 1. The van der Waals surface area contributed by atoms with Crippen molar-refractivity contribution in [2.24, 2.45) is 0 Å². The van der Waals surface area contributed by atoms with Crippen LogP contribution in [0.15, 0.2) is 42.5 Å². The average Bonchev–Trinajstić information content (AvgIpc) is 2.51. The van der Waals surface area contributed by atoms with Crippen molar-refractivity contribution in [1.82, 2.24) is 0 Å². The fourth-order valence-electron chi connectivity index (χ4n) is 2.29. The first-order valence-corrected chi connectivity index (χ1v) is 8.02. The van der Waals surface area contributed by atoms with Gasteiger partial charge in [-0.3, -0.25) is 4.79 Å². The lowest BCUT2D eigenvalue weighted by atomic mass is 10.0. The molecule has 2 aromatic carbocycles. The van der Waals surface area contributed by atoms with E-state index in [1.165, 1.54) is 5.56 Å². The van der Waals surface area contributed by atoms with Gasteiger partial charge in [0.25, 0.3) is 5.91 Å². The van der Waals surface area contributed by atoms with Gasteiger partial charge in [0.2, 0.25) is 0 Å². The quantitative estimate of drug-likeness (QED) is 0.858. The second-order valence-corrected chi connectivity index (χ2v) is 6.24. The van der Waals surface area contributed by atoms with E-state index >= 15 is 0 Å². The van der Waals surface area contributed by atoms with E-state index < -0.39 is 6.10 Å². The van der Waals surface area contributed by atoms with Gasteiger partial charge in [0.05, 0.1) is 0 Å². The standard InChI is InChI=1S/C20H25NO2/c1-13(2)17-11-10-15(4)19(12-17)23-16(5)20(22)21-18-9-7-6-8-14(18)3/h6-13,16H,1-5H3,(H,21,22). The van der Waals surface area contributed by atoms with Gasteiger partial charge in [-0.25, -0.2) is 0 Å². The molecule has 1 atom stereocenters. The lowest BCUT2D eigenvalue weighted by molar-refractivity contribution is -0.122. The van der Waals surface area contributed by atoms with Gasteiger partial charge < -0.3 is 10.1 Å². The van der Waals surface area contributed by atoms with Crippen LogP contribution in [-0.4, -0.2) is 12.0 Å². The number of hydrogen-bond donors (Lipinski definition) is 1. The van der Waals surface area contributed by atoms with Crippen molar-refractivity contribution in [2.75, 3.05) is 5.32 Å².